The van der Waals surface area contributed by atoms with Crippen molar-refractivity contribution in [1.29, 1.82) is 0 Å². The van der Waals surface area contributed by atoms with Gasteiger partial charge in [0, 0.05) is 56.0 Å². The molecule has 1 aromatic heterocycles. The minimum absolute atomic E-state index is 0.266. The molecule has 9 nitrogen and oxygen atoms in total. The van der Waals surface area contributed by atoms with Gasteiger partial charge in [-0.1, -0.05) is 17.7 Å². The topological polar surface area (TPSA) is 102 Å². The van der Waals surface area contributed by atoms with Crippen LogP contribution in [0, 0.1) is 0 Å². The minimum atomic E-state index is -0.531. The van der Waals surface area contributed by atoms with Crippen molar-refractivity contribution in [2.45, 2.75) is 25.7 Å². The molecule has 3 aromatic rings. The lowest BCUT2D eigenvalue weighted by Crippen LogP contribution is -2.37. The SMILES string of the molecule is O=c1c(NCCNc2cc(N3CCCC3)nc(N3CCCC3)n2)c(Nc2cccc(Cl)c2)c1=O. The average Bonchev–Trinajstić information content (AvgIpc) is 3.57. The van der Waals surface area contributed by atoms with Gasteiger partial charge in [0.1, 0.15) is 23.0 Å². The molecule has 0 spiro atoms. The first-order chi connectivity index (χ1) is 16.6. The van der Waals surface area contributed by atoms with E-state index in [0.717, 1.165) is 56.6 Å². The fraction of sp³-hybridized carbons (Fsp3) is 0.417. The third kappa shape index (κ3) is 4.79. The smallest absolute Gasteiger partial charge is 0.253 e. The monoisotopic (exact) mass is 481 g/mol. The summed E-state index contributed by atoms with van der Waals surface area (Å²) in [5.41, 5.74) is 0.175. The first-order valence-electron chi connectivity index (χ1n) is 11.8. The normalized spacial score (nSPS) is 15.8. The van der Waals surface area contributed by atoms with Crippen molar-refractivity contribution < 1.29 is 0 Å². The summed E-state index contributed by atoms with van der Waals surface area (Å²) in [6.07, 6.45) is 4.70. The summed E-state index contributed by atoms with van der Waals surface area (Å²) in [7, 11) is 0. The molecule has 178 valence electrons. The van der Waals surface area contributed by atoms with Crippen LogP contribution in [0.3, 0.4) is 0 Å². The van der Waals surface area contributed by atoms with Gasteiger partial charge in [-0.2, -0.15) is 9.97 Å². The van der Waals surface area contributed by atoms with Crippen molar-refractivity contribution in [2.24, 2.45) is 0 Å². The summed E-state index contributed by atoms with van der Waals surface area (Å²) in [4.78, 5) is 38.3. The van der Waals surface area contributed by atoms with Gasteiger partial charge >= 0.3 is 0 Å². The van der Waals surface area contributed by atoms with Gasteiger partial charge in [0.25, 0.3) is 10.9 Å². The van der Waals surface area contributed by atoms with Gasteiger partial charge in [0.05, 0.1) is 0 Å². The summed E-state index contributed by atoms with van der Waals surface area (Å²) in [5.74, 6) is 2.50. The van der Waals surface area contributed by atoms with Crippen LogP contribution in [0.25, 0.3) is 0 Å². The fourth-order valence-corrected chi connectivity index (χ4v) is 4.64. The molecular formula is C24H28ClN7O2. The quantitative estimate of drug-likeness (QED) is 0.314. The maximum absolute atomic E-state index is 12.1. The minimum Gasteiger partial charge on any atom is -0.378 e. The lowest BCUT2D eigenvalue weighted by Gasteiger charge is -2.22. The van der Waals surface area contributed by atoms with E-state index in [-0.39, 0.29) is 5.69 Å². The molecule has 5 rings (SSSR count). The number of aromatic nitrogens is 2. The predicted molar refractivity (Wildman–Crippen MR) is 138 cm³/mol. The first kappa shape index (κ1) is 22.5. The van der Waals surface area contributed by atoms with Gasteiger partial charge in [-0.25, -0.2) is 0 Å². The molecule has 34 heavy (non-hydrogen) atoms. The van der Waals surface area contributed by atoms with Gasteiger partial charge in [-0.05, 0) is 43.9 Å². The van der Waals surface area contributed by atoms with E-state index in [1.54, 1.807) is 24.3 Å². The Bertz CT molecular complexity index is 1190. The first-order valence-corrected chi connectivity index (χ1v) is 12.2. The van der Waals surface area contributed by atoms with Crippen molar-refractivity contribution >= 4 is 46.2 Å². The van der Waals surface area contributed by atoms with E-state index in [9.17, 15) is 9.59 Å². The van der Waals surface area contributed by atoms with Gasteiger partial charge < -0.3 is 25.8 Å². The highest BCUT2D eigenvalue weighted by Gasteiger charge is 2.22. The second-order valence-corrected chi connectivity index (χ2v) is 9.13. The molecule has 0 saturated carbocycles. The van der Waals surface area contributed by atoms with Gasteiger partial charge in [-0.15, -0.1) is 0 Å². The van der Waals surface area contributed by atoms with Gasteiger partial charge in [-0.3, -0.25) is 9.59 Å². The molecule has 2 fully saturated rings. The molecule has 2 saturated heterocycles. The zero-order valence-corrected chi connectivity index (χ0v) is 19.7. The van der Waals surface area contributed by atoms with Crippen LogP contribution in [0.5, 0.6) is 0 Å². The number of benzene rings is 1. The summed E-state index contributed by atoms with van der Waals surface area (Å²) in [6.45, 7) is 4.99. The summed E-state index contributed by atoms with van der Waals surface area (Å²) in [6, 6.07) is 9.02. The standard InChI is InChI=1S/C24H28ClN7O2/c25-16-6-5-7-17(14-16)28-21-20(22(33)23(21)34)27-9-8-26-18-15-19(31-10-1-2-11-31)30-24(29-18)32-12-3-4-13-32/h5-7,14-15,27-28H,1-4,8-13H2,(H,26,29,30). The van der Waals surface area contributed by atoms with E-state index in [1.165, 1.54) is 12.8 Å². The molecule has 2 aliphatic rings. The zero-order valence-electron chi connectivity index (χ0n) is 18.9. The van der Waals surface area contributed by atoms with Crippen LogP contribution in [-0.2, 0) is 0 Å². The predicted octanol–water partition coefficient (Wildman–Crippen LogP) is 3.19. The Morgan fingerprint density at radius 3 is 2.24 bits per heavy atom. The summed E-state index contributed by atoms with van der Waals surface area (Å²) < 4.78 is 0. The zero-order chi connectivity index (χ0) is 23.5. The molecule has 0 radical (unpaired) electrons. The van der Waals surface area contributed by atoms with Crippen molar-refractivity contribution in [3.05, 3.63) is 55.8 Å². The Hall–Kier alpha value is -3.33. The van der Waals surface area contributed by atoms with Gasteiger partial charge in [0.2, 0.25) is 5.95 Å². The molecule has 3 heterocycles. The molecule has 0 amide bonds. The van der Waals surface area contributed by atoms with E-state index in [1.807, 2.05) is 6.07 Å². The summed E-state index contributed by atoms with van der Waals surface area (Å²) in [5, 5.41) is 9.98. The Kier molecular flexibility index (Phi) is 6.53. The molecule has 0 bridgehead atoms. The van der Waals surface area contributed by atoms with E-state index < -0.39 is 10.9 Å². The van der Waals surface area contributed by atoms with Crippen LogP contribution in [0.1, 0.15) is 25.7 Å². The molecule has 2 aliphatic heterocycles. The third-order valence-corrected chi connectivity index (χ3v) is 6.49. The largest absolute Gasteiger partial charge is 0.378 e. The highest BCUT2D eigenvalue weighted by molar-refractivity contribution is 6.30. The number of anilines is 6. The van der Waals surface area contributed by atoms with E-state index >= 15 is 0 Å². The Morgan fingerprint density at radius 2 is 1.50 bits per heavy atom. The fourth-order valence-electron chi connectivity index (χ4n) is 4.45. The molecule has 0 atom stereocenters. The number of nitrogens with zero attached hydrogens (tertiary/aromatic N) is 4. The molecule has 10 heteroatoms. The van der Waals surface area contributed by atoms with Crippen LogP contribution in [0.2, 0.25) is 5.02 Å². The van der Waals surface area contributed by atoms with E-state index in [0.29, 0.717) is 29.5 Å². The van der Waals surface area contributed by atoms with Gasteiger partial charge in [0.15, 0.2) is 0 Å². The van der Waals surface area contributed by atoms with Crippen molar-refractivity contribution in [2.75, 3.05) is 65.0 Å². The molecular weight excluding hydrogens is 454 g/mol. The van der Waals surface area contributed by atoms with Crippen LogP contribution >= 0.6 is 11.6 Å². The summed E-state index contributed by atoms with van der Waals surface area (Å²) >= 11 is 6.01. The van der Waals surface area contributed by atoms with E-state index in [4.69, 9.17) is 21.6 Å². The van der Waals surface area contributed by atoms with Crippen LogP contribution < -0.4 is 36.6 Å². The van der Waals surface area contributed by atoms with Crippen molar-refractivity contribution in [3.8, 4) is 0 Å². The highest BCUT2D eigenvalue weighted by atomic mass is 35.5. The average molecular weight is 482 g/mol. The number of nitrogens with one attached hydrogen (secondary N) is 3. The Balaban J connectivity index is 1.23. The Labute approximate surface area is 202 Å². The Morgan fingerprint density at radius 1 is 0.824 bits per heavy atom. The maximum Gasteiger partial charge on any atom is 0.253 e. The number of hydrogen-bond acceptors (Lipinski definition) is 9. The van der Waals surface area contributed by atoms with Crippen LogP contribution in [-0.4, -0.2) is 49.2 Å². The van der Waals surface area contributed by atoms with Crippen molar-refractivity contribution in [1.82, 2.24) is 9.97 Å². The second kappa shape index (κ2) is 9.89. The lowest BCUT2D eigenvalue weighted by atomic mass is 10.1. The molecule has 2 aromatic carbocycles. The molecule has 3 N–H and O–H groups in total. The maximum atomic E-state index is 12.1. The van der Waals surface area contributed by atoms with Crippen LogP contribution in [0.4, 0.5) is 34.6 Å². The number of hydrogen-bond donors (Lipinski definition) is 3. The highest BCUT2D eigenvalue weighted by Crippen LogP contribution is 2.26. The van der Waals surface area contributed by atoms with E-state index in [2.05, 4.69) is 25.8 Å². The third-order valence-electron chi connectivity index (χ3n) is 6.26. The molecule has 0 aliphatic carbocycles. The van der Waals surface area contributed by atoms with Crippen LogP contribution in [0.15, 0.2) is 39.9 Å². The lowest BCUT2D eigenvalue weighted by molar-refractivity contribution is 0.870. The number of rotatable bonds is 9. The second-order valence-electron chi connectivity index (χ2n) is 8.70. The molecule has 0 unspecified atom stereocenters. The number of halogens is 1. The van der Waals surface area contributed by atoms with Crippen molar-refractivity contribution in [3.63, 3.8) is 0 Å².